The molecule has 0 heterocycles. The fraction of sp³-hybridized carbons (Fsp3) is 0.636. The van der Waals surface area contributed by atoms with Crippen molar-refractivity contribution >= 4 is 11.9 Å². The lowest BCUT2D eigenvalue weighted by molar-refractivity contribution is -0.148. The van der Waals surface area contributed by atoms with Gasteiger partial charge in [-0.15, -0.1) is 0 Å². The first-order valence-corrected chi connectivity index (χ1v) is 10.3. The van der Waals surface area contributed by atoms with Gasteiger partial charge in [0.25, 0.3) is 5.91 Å². The van der Waals surface area contributed by atoms with Crippen LogP contribution in [0, 0.1) is 0 Å². The maximum absolute atomic E-state index is 12.3. The Morgan fingerprint density at radius 3 is 2.21 bits per heavy atom. The standard InChI is InChI=1S/C22H35NO5/c1-4-6-7-8-9-10-15-23-21(24)19(5-2)28-18-13-11-17(12-14-18)16-20(27-3)22(25)26/h11-14,19-20H,4-10,15-16H2,1-3H3,(H,23,24)(H,25,26)/t19?,20-/m0/s1. The number of unbranched alkanes of at least 4 members (excludes halogenated alkanes) is 5. The predicted molar refractivity (Wildman–Crippen MR) is 110 cm³/mol. The van der Waals surface area contributed by atoms with E-state index in [1.807, 2.05) is 6.92 Å². The van der Waals surface area contributed by atoms with E-state index in [0.29, 0.717) is 18.7 Å². The molecule has 158 valence electrons. The highest BCUT2D eigenvalue weighted by Crippen LogP contribution is 2.17. The van der Waals surface area contributed by atoms with Crippen molar-refractivity contribution in [1.29, 1.82) is 0 Å². The SMILES string of the molecule is CCCCCCCCNC(=O)C(CC)Oc1ccc(C[C@H](OC)C(=O)O)cc1. The normalized spacial score (nSPS) is 13.0. The molecule has 2 atom stereocenters. The molecule has 1 unspecified atom stereocenters. The summed E-state index contributed by atoms with van der Waals surface area (Å²) in [5, 5.41) is 12.0. The molecular formula is C22H35NO5. The zero-order valence-corrected chi connectivity index (χ0v) is 17.4. The monoisotopic (exact) mass is 393 g/mol. The third-order valence-electron chi connectivity index (χ3n) is 4.68. The van der Waals surface area contributed by atoms with Gasteiger partial charge in [-0.05, 0) is 30.5 Å². The van der Waals surface area contributed by atoms with Crippen LogP contribution in [0.3, 0.4) is 0 Å². The number of carbonyl (C=O) groups excluding carboxylic acids is 1. The van der Waals surface area contributed by atoms with E-state index in [1.165, 1.54) is 32.8 Å². The van der Waals surface area contributed by atoms with Gasteiger partial charge in [0.05, 0.1) is 0 Å². The average Bonchev–Trinajstić information content (AvgIpc) is 2.70. The zero-order chi connectivity index (χ0) is 20.8. The average molecular weight is 394 g/mol. The fourth-order valence-electron chi connectivity index (χ4n) is 2.91. The number of benzene rings is 1. The molecule has 0 bridgehead atoms. The summed E-state index contributed by atoms with van der Waals surface area (Å²) in [6.07, 6.45) is 6.58. The molecule has 0 aliphatic carbocycles. The molecule has 2 N–H and O–H groups in total. The van der Waals surface area contributed by atoms with Crippen molar-refractivity contribution in [3.8, 4) is 5.75 Å². The summed E-state index contributed by atoms with van der Waals surface area (Å²) in [6, 6.07) is 7.11. The summed E-state index contributed by atoms with van der Waals surface area (Å²) in [5.74, 6) is -0.490. The molecule has 1 rings (SSSR count). The van der Waals surface area contributed by atoms with Crippen LogP contribution in [0.15, 0.2) is 24.3 Å². The quantitative estimate of drug-likeness (QED) is 0.441. The van der Waals surface area contributed by atoms with E-state index < -0.39 is 18.2 Å². The van der Waals surface area contributed by atoms with Crippen molar-refractivity contribution in [3.05, 3.63) is 29.8 Å². The molecule has 0 radical (unpaired) electrons. The van der Waals surface area contributed by atoms with Crippen molar-refractivity contribution < 1.29 is 24.2 Å². The topological polar surface area (TPSA) is 84.9 Å². The van der Waals surface area contributed by atoms with Gasteiger partial charge in [-0.1, -0.05) is 58.1 Å². The number of aliphatic carboxylic acids is 1. The number of hydrogen-bond acceptors (Lipinski definition) is 4. The van der Waals surface area contributed by atoms with Crippen LogP contribution < -0.4 is 10.1 Å². The first-order valence-electron chi connectivity index (χ1n) is 10.3. The van der Waals surface area contributed by atoms with Crippen LogP contribution in [-0.2, 0) is 20.7 Å². The number of amides is 1. The van der Waals surface area contributed by atoms with Crippen LogP contribution in [0.4, 0.5) is 0 Å². The number of hydrogen-bond donors (Lipinski definition) is 2. The van der Waals surface area contributed by atoms with Crippen molar-refractivity contribution in [3.63, 3.8) is 0 Å². The third kappa shape index (κ3) is 9.22. The van der Waals surface area contributed by atoms with Gasteiger partial charge in [0.1, 0.15) is 5.75 Å². The number of carbonyl (C=O) groups is 2. The summed E-state index contributed by atoms with van der Waals surface area (Å²) in [4.78, 5) is 23.4. The lowest BCUT2D eigenvalue weighted by Crippen LogP contribution is -2.38. The summed E-state index contributed by atoms with van der Waals surface area (Å²) in [5.41, 5.74) is 0.835. The maximum atomic E-state index is 12.3. The van der Waals surface area contributed by atoms with E-state index in [0.717, 1.165) is 18.4 Å². The van der Waals surface area contributed by atoms with Gasteiger partial charge in [0.2, 0.25) is 0 Å². The largest absolute Gasteiger partial charge is 0.481 e. The molecule has 1 aromatic rings. The summed E-state index contributed by atoms with van der Waals surface area (Å²) < 4.78 is 10.8. The van der Waals surface area contributed by atoms with Gasteiger partial charge in [-0.2, -0.15) is 0 Å². The zero-order valence-electron chi connectivity index (χ0n) is 17.4. The minimum Gasteiger partial charge on any atom is -0.481 e. The Bertz CT molecular complexity index is 573. The van der Waals surface area contributed by atoms with Gasteiger partial charge in [-0.25, -0.2) is 4.79 Å². The maximum Gasteiger partial charge on any atom is 0.333 e. The van der Waals surface area contributed by atoms with Crippen molar-refractivity contribution in [2.45, 2.75) is 77.4 Å². The van der Waals surface area contributed by atoms with Crippen LogP contribution in [0.2, 0.25) is 0 Å². The number of rotatable bonds is 15. The minimum atomic E-state index is -0.990. The molecule has 1 amide bonds. The van der Waals surface area contributed by atoms with E-state index in [-0.39, 0.29) is 12.3 Å². The van der Waals surface area contributed by atoms with E-state index in [1.54, 1.807) is 24.3 Å². The Balaban J connectivity index is 2.42. The Labute approximate surface area is 168 Å². The third-order valence-corrected chi connectivity index (χ3v) is 4.68. The Morgan fingerprint density at radius 1 is 1.00 bits per heavy atom. The number of carboxylic acids is 1. The highest BCUT2D eigenvalue weighted by atomic mass is 16.5. The smallest absolute Gasteiger partial charge is 0.333 e. The molecule has 0 aromatic heterocycles. The first kappa shape index (κ1) is 24.0. The number of ether oxygens (including phenoxy) is 2. The molecule has 0 saturated carbocycles. The summed E-state index contributed by atoms with van der Waals surface area (Å²) in [6.45, 7) is 4.79. The van der Waals surface area contributed by atoms with E-state index in [2.05, 4.69) is 12.2 Å². The lowest BCUT2D eigenvalue weighted by atomic mass is 10.1. The highest BCUT2D eigenvalue weighted by molar-refractivity contribution is 5.81. The first-order chi connectivity index (χ1) is 13.5. The number of carboxylic acid groups (broad SMARTS) is 1. The van der Waals surface area contributed by atoms with Crippen LogP contribution in [0.5, 0.6) is 5.75 Å². The van der Waals surface area contributed by atoms with Crippen LogP contribution in [-0.4, -0.2) is 42.8 Å². The van der Waals surface area contributed by atoms with Crippen molar-refractivity contribution in [2.24, 2.45) is 0 Å². The molecular weight excluding hydrogens is 358 g/mol. The molecule has 0 aliphatic rings. The van der Waals surface area contributed by atoms with Gasteiger partial charge < -0.3 is 19.9 Å². The van der Waals surface area contributed by atoms with Crippen LogP contribution >= 0.6 is 0 Å². The summed E-state index contributed by atoms with van der Waals surface area (Å²) >= 11 is 0. The van der Waals surface area contributed by atoms with Gasteiger partial charge in [0.15, 0.2) is 12.2 Å². The van der Waals surface area contributed by atoms with E-state index in [9.17, 15) is 9.59 Å². The second-order valence-corrected chi connectivity index (χ2v) is 6.98. The van der Waals surface area contributed by atoms with E-state index in [4.69, 9.17) is 14.6 Å². The lowest BCUT2D eigenvalue weighted by Gasteiger charge is -2.18. The predicted octanol–water partition coefficient (Wildman–Crippen LogP) is 3.96. The molecule has 0 fully saturated rings. The number of methoxy groups -OCH3 is 1. The van der Waals surface area contributed by atoms with Crippen LogP contribution in [0.1, 0.15) is 64.4 Å². The van der Waals surface area contributed by atoms with Crippen molar-refractivity contribution in [2.75, 3.05) is 13.7 Å². The van der Waals surface area contributed by atoms with Gasteiger partial charge >= 0.3 is 5.97 Å². The highest BCUT2D eigenvalue weighted by Gasteiger charge is 2.19. The molecule has 6 heteroatoms. The van der Waals surface area contributed by atoms with E-state index >= 15 is 0 Å². The molecule has 6 nitrogen and oxygen atoms in total. The second-order valence-electron chi connectivity index (χ2n) is 6.98. The Kier molecular flexibility index (Phi) is 12.0. The number of nitrogens with one attached hydrogen (secondary N) is 1. The minimum absolute atomic E-state index is 0.0922. The molecule has 0 aliphatic heterocycles. The Hall–Kier alpha value is -2.08. The second kappa shape index (κ2) is 14.0. The van der Waals surface area contributed by atoms with Gasteiger partial charge in [0, 0.05) is 20.1 Å². The Morgan fingerprint density at radius 2 is 1.64 bits per heavy atom. The fourth-order valence-corrected chi connectivity index (χ4v) is 2.91. The summed E-state index contributed by atoms with van der Waals surface area (Å²) in [7, 11) is 1.38. The molecule has 28 heavy (non-hydrogen) atoms. The van der Waals surface area contributed by atoms with Crippen molar-refractivity contribution in [1.82, 2.24) is 5.32 Å². The molecule has 0 spiro atoms. The van der Waals surface area contributed by atoms with Crippen LogP contribution in [0.25, 0.3) is 0 Å². The molecule has 0 saturated heterocycles. The van der Waals surface area contributed by atoms with Gasteiger partial charge in [-0.3, -0.25) is 4.79 Å². The molecule has 1 aromatic carbocycles.